The van der Waals surface area contributed by atoms with E-state index in [0.717, 1.165) is 17.7 Å². The molecule has 0 aromatic heterocycles. The molecule has 1 aliphatic rings. The number of carbonyl (C=O) groups is 1. The first kappa shape index (κ1) is 16.4. The van der Waals surface area contributed by atoms with Gasteiger partial charge in [0.25, 0.3) is 0 Å². The average molecular weight is 348 g/mol. The lowest BCUT2D eigenvalue weighted by Gasteiger charge is -2.24. The van der Waals surface area contributed by atoms with E-state index in [1.54, 1.807) is 24.3 Å². The summed E-state index contributed by atoms with van der Waals surface area (Å²) in [6, 6.07) is 10.7. The summed E-state index contributed by atoms with van der Waals surface area (Å²) >= 11 is 1.36. The number of nitriles is 1. The second-order valence-electron chi connectivity index (χ2n) is 5.25. The Morgan fingerprint density at radius 3 is 2.50 bits per heavy atom. The number of amides is 1. The fourth-order valence-electron chi connectivity index (χ4n) is 2.49. The lowest BCUT2D eigenvalue weighted by Crippen LogP contribution is -2.28. The van der Waals surface area contributed by atoms with E-state index >= 15 is 0 Å². The zero-order valence-electron chi connectivity index (χ0n) is 12.3. The van der Waals surface area contributed by atoms with Crippen LogP contribution in [-0.4, -0.2) is 16.6 Å². The van der Waals surface area contributed by atoms with E-state index in [0.29, 0.717) is 5.56 Å². The van der Waals surface area contributed by atoms with Crippen molar-refractivity contribution in [1.29, 1.82) is 5.26 Å². The predicted octanol–water partition coefficient (Wildman–Crippen LogP) is 3.75. The van der Waals surface area contributed by atoms with Crippen LogP contribution in [0.3, 0.4) is 0 Å². The molecule has 3 rings (SSSR count). The summed E-state index contributed by atoms with van der Waals surface area (Å²) in [5, 5.41) is 8.47. The van der Waals surface area contributed by atoms with Crippen LogP contribution in [-0.2, 0) is 11.3 Å². The molecular formula is C17H11F3N2OS. The summed E-state index contributed by atoms with van der Waals surface area (Å²) in [5.74, 6) is -4.07. The molecule has 7 heteroatoms. The highest BCUT2D eigenvalue weighted by Gasteiger charge is 2.33. The van der Waals surface area contributed by atoms with Gasteiger partial charge in [-0.1, -0.05) is 18.2 Å². The van der Waals surface area contributed by atoms with E-state index in [4.69, 9.17) is 5.26 Å². The Kier molecular flexibility index (Phi) is 4.49. The average Bonchev–Trinajstić information content (AvgIpc) is 2.96. The van der Waals surface area contributed by atoms with Gasteiger partial charge < -0.3 is 4.90 Å². The van der Waals surface area contributed by atoms with Gasteiger partial charge >= 0.3 is 0 Å². The standard InChI is InChI=1S/C17H11F3N2OS/c18-13-6-5-12(15(19)16(13)20)8-22-14(23)9-24-17(22)11-3-1-10(7-21)2-4-11/h1-6,17H,8-9H2. The quantitative estimate of drug-likeness (QED) is 0.794. The molecule has 0 spiro atoms. The van der Waals surface area contributed by atoms with Crippen molar-refractivity contribution in [2.45, 2.75) is 11.9 Å². The SMILES string of the molecule is N#Cc1ccc(C2SCC(=O)N2Cc2ccc(F)c(F)c2F)cc1. The first-order valence-electron chi connectivity index (χ1n) is 7.04. The van der Waals surface area contributed by atoms with Gasteiger partial charge in [0.1, 0.15) is 5.37 Å². The zero-order chi connectivity index (χ0) is 17.3. The minimum Gasteiger partial charge on any atom is -0.321 e. The molecule has 1 heterocycles. The molecule has 2 aromatic carbocycles. The number of hydrogen-bond acceptors (Lipinski definition) is 3. The zero-order valence-corrected chi connectivity index (χ0v) is 13.1. The number of hydrogen-bond donors (Lipinski definition) is 0. The van der Waals surface area contributed by atoms with E-state index in [1.165, 1.54) is 16.7 Å². The second kappa shape index (κ2) is 6.57. The Labute approximate surface area is 140 Å². The first-order chi connectivity index (χ1) is 11.5. The van der Waals surface area contributed by atoms with E-state index in [1.807, 2.05) is 6.07 Å². The molecule has 1 saturated heterocycles. The van der Waals surface area contributed by atoms with Crippen LogP contribution < -0.4 is 0 Å². The Balaban J connectivity index is 1.89. The van der Waals surface area contributed by atoms with Gasteiger partial charge in [-0.05, 0) is 23.8 Å². The molecule has 0 aliphatic carbocycles. The molecule has 3 nitrogen and oxygen atoms in total. The van der Waals surface area contributed by atoms with Gasteiger partial charge in [0.15, 0.2) is 17.5 Å². The van der Waals surface area contributed by atoms with E-state index < -0.39 is 17.5 Å². The van der Waals surface area contributed by atoms with Gasteiger partial charge in [-0.25, -0.2) is 13.2 Å². The van der Waals surface area contributed by atoms with Gasteiger partial charge in [-0.3, -0.25) is 4.79 Å². The van der Waals surface area contributed by atoms with E-state index in [-0.39, 0.29) is 29.1 Å². The van der Waals surface area contributed by atoms with Crippen molar-refractivity contribution in [3.8, 4) is 6.07 Å². The van der Waals surface area contributed by atoms with Gasteiger partial charge in [0.05, 0.1) is 23.9 Å². The summed E-state index contributed by atoms with van der Waals surface area (Å²) < 4.78 is 40.3. The predicted molar refractivity (Wildman–Crippen MR) is 83.2 cm³/mol. The summed E-state index contributed by atoms with van der Waals surface area (Å²) in [5.41, 5.74) is 1.20. The molecule has 1 unspecified atom stereocenters. The Morgan fingerprint density at radius 2 is 1.83 bits per heavy atom. The minimum atomic E-state index is -1.54. The lowest BCUT2D eigenvalue weighted by molar-refractivity contribution is -0.128. The van der Waals surface area contributed by atoms with Gasteiger partial charge in [0, 0.05) is 5.56 Å². The van der Waals surface area contributed by atoms with Gasteiger partial charge in [0.2, 0.25) is 5.91 Å². The molecule has 1 aliphatic heterocycles. The maximum Gasteiger partial charge on any atom is 0.234 e. The molecule has 0 bridgehead atoms. The third kappa shape index (κ3) is 2.97. The molecule has 1 fully saturated rings. The van der Waals surface area contributed by atoms with Crippen LogP contribution >= 0.6 is 11.8 Å². The van der Waals surface area contributed by atoms with Crippen molar-refractivity contribution >= 4 is 17.7 Å². The lowest BCUT2D eigenvalue weighted by atomic mass is 10.1. The molecule has 0 saturated carbocycles. The minimum absolute atomic E-state index is 0.0802. The molecule has 2 aromatic rings. The van der Waals surface area contributed by atoms with Crippen molar-refractivity contribution in [3.63, 3.8) is 0 Å². The summed E-state index contributed by atoms with van der Waals surface area (Å²) in [6.45, 7) is -0.153. The van der Waals surface area contributed by atoms with Crippen LogP contribution in [0.15, 0.2) is 36.4 Å². The molecule has 1 amide bonds. The summed E-state index contributed by atoms with van der Waals surface area (Å²) in [4.78, 5) is 13.5. The topological polar surface area (TPSA) is 44.1 Å². The second-order valence-corrected chi connectivity index (χ2v) is 6.32. The third-order valence-corrected chi connectivity index (χ3v) is 5.00. The van der Waals surface area contributed by atoms with Crippen molar-refractivity contribution in [2.75, 3.05) is 5.75 Å². The molecule has 122 valence electrons. The number of benzene rings is 2. The van der Waals surface area contributed by atoms with Crippen LogP contribution in [0.4, 0.5) is 13.2 Å². The number of halogens is 3. The Bertz CT molecular complexity index is 833. The highest BCUT2D eigenvalue weighted by atomic mass is 32.2. The number of carbonyl (C=O) groups excluding carboxylic acids is 1. The molecule has 1 atom stereocenters. The molecule has 0 radical (unpaired) electrons. The highest BCUT2D eigenvalue weighted by molar-refractivity contribution is 8.00. The fraction of sp³-hybridized carbons (Fsp3) is 0.176. The maximum absolute atomic E-state index is 13.9. The Morgan fingerprint density at radius 1 is 1.12 bits per heavy atom. The molecular weight excluding hydrogens is 337 g/mol. The van der Waals surface area contributed by atoms with Gasteiger partial charge in [-0.2, -0.15) is 5.26 Å². The van der Waals surface area contributed by atoms with Crippen LogP contribution in [0, 0.1) is 28.8 Å². The van der Waals surface area contributed by atoms with Crippen molar-refractivity contribution in [3.05, 3.63) is 70.5 Å². The highest BCUT2D eigenvalue weighted by Crippen LogP contribution is 2.39. The smallest absolute Gasteiger partial charge is 0.234 e. The number of nitrogens with zero attached hydrogens (tertiary/aromatic N) is 2. The van der Waals surface area contributed by atoms with Crippen LogP contribution in [0.2, 0.25) is 0 Å². The molecule has 0 N–H and O–H groups in total. The summed E-state index contributed by atoms with van der Waals surface area (Å²) in [6.07, 6.45) is 0. The van der Waals surface area contributed by atoms with Crippen molar-refractivity contribution < 1.29 is 18.0 Å². The third-order valence-electron chi connectivity index (χ3n) is 3.75. The monoisotopic (exact) mass is 348 g/mol. The van der Waals surface area contributed by atoms with Crippen LogP contribution in [0.25, 0.3) is 0 Å². The first-order valence-corrected chi connectivity index (χ1v) is 8.09. The van der Waals surface area contributed by atoms with Crippen LogP contribution in [0.1, 0.15) is 22.1 Å². The van der Waals surface area contributed by atoms with Crippen molar-refractivity contribution in [2.24, 2.45) is 0 Å². The Hall–Kier alpha value is -2.46. The largest absolute Gasteiger partial charge is 0.321 e. The van der Waals surface area contributed by atoms with Crippen molar-refractivity contribution in [1.82, 2.24) is 4.90 Å². The molecule has 24 heavy (non-hydrogen) atoms. The number of rotatable bonds is 3. The van der Waals surface area contributed by atoms with Gasteiger partial charge in [-0.15, -0.1) is 11.8 Å². The number of thioether (sulfide) groups is 1. The normalized spacial score (nSPS) is 17.2. The maximum atomic E-state index is 13.9. The summed E-state index contributed by atoms with van der Waals surface area (Å²) in [7, 11) is 0. The van der Waals surface area contributed by atoms with E-state index in [9.17, 15) is 18.0 Å². The van der Waals surface area contributed by atoms with E-state index in [2.05, 4.69) is 0 Å². The van der Waals surface area contributed by atoms with Crippen LogP contribution in [0.5, 0.6) is 0 Å². The fourth-order valence-corrected chi connectivity index (χ4v) is 3.68.